The summed E-state index contributed by atoms with van der Waals surface area (Å²) < 4.78 is 22.3. The van der Waals surface area contributed by atoms with E-state index in [1.54, 1.807) is 4.90 Å². The van der Waals surface area contributed by atoms with E-state index in [0.29, 0.717) is 31.5 Å². The molecule has 0 fully saturated rings. The summed E-state index contributed by atoms with van der Waals surface area (Å²) in [5, 5.41) is 3.30. The number of carbonyl (C=O) groups is 3. The maximum atomic E-state index is 13.0. The monoisotopic (exact) mass is 642 g/mol. The highest BCUT2D eigenvalue weighted by molar-refractivity contribution is 5.94. The molecule has 2 atom stereocenters. The highest BCUT2D eigenvalue weighted by Crippen LogP contribution is 2.24. The molecule has 2 heterocycles. The van der Waals surface area contributed by atoms with E-state index in [1.165, 1.54) is 55.2 Å². The van der Waals surface area contributed by atoms with Gasteiger partial charge in [0.25, 0.3) is 5.91 Å². The second-order valence-electron chi connectivity index (χ2n) is 11.5. The van der Waals surface area contributed by atoms with Crippen molar-refractivity contribution in [3.8, 4) is 0 Å². The van der Waals surface area contributed by atoms with Crippen LogP contribution in [0.3, 0.4) is 0 Å². The number of hydrogen-bond acceptors (Lipinski definition) is 8. The number of nitrogens with one attached hydrogen (secondary N) is 1. The molecule has 2 aliphatic heterocycles. The molecular weight excluding hydrogens is 599 g/mol. The fraction of sp³-hybridized carbons (Fsp3) is 0.324. The molecule has 5 rings (SSSR count). The summed E-state index contributed by atoms with van der Waals surface area (Å²) in [7, 11) is 2.68. The number of nitrogens with zero attached hydrogens (tertiary/aromatic N) is 1. The molecule has 0 unspecified atom stereocenters. The molecule has 0 saturated carbocycles. The predicted octanol–water partition coefficient (Wildman–Crippen LogP) is 3.90. The number of carbonyl (C=O) groups excluding carboxylic acids is 3. The van der Waals surface area contributed by atoms with Crippen LogP contribution in [-0.4, -0.2) is 75.2 Å². The lowest BCUT2D eigenvalue weighted by molar-refractivity contribution is -0.142. The molecule has 248 valence electrons. The maximum Gasteiger partial charge on any atom is 0.322 e. The molecule has 1 amide bonds. The molecule has 0 bridgehead atoms. The van der Waals surface area contributed by atoms with Crippen molar-refractivity contribution in [2.24, 2.45) is 11.5 Å². The molecule has 0 radical (unpaired) electrons. The van der Waals surface area contributed by atoms with Gasteiger partial charge in [0.15, 0.2) is 0 Å². The topological polar surface area (TPSA) is 137 Å². The normalized spacial score (nSPS) is 15.6. The van der Waals surface area contributed by atoms with Gasteiger partial charge >= 0.3 is 11.9 Å². The summed E-state index contributed by atoms with van der Waals surface area (Å²) >= 11 is 0. The van der Waals surface area contributed by atoms with Crippen LogP contribution in [0.5, 0.6) is 0 Å². The highest BCUT2D eigenvalue weighted by Gasteiger charge is 2.20. The minimum atomic E-state index is -0.671. The number of hydrogen-bond donors (Lipinski definition) is 3. The number of halogens is 1. The standard InChI is InChI=1S/C22H23FN2O3.C15H20N2O2/c1-28-22(27)20(24)14-15-2-4-16(5-3-15)17-10-12-25(13-11-17)21(26)18-6-8-19(23)9-7-18;1-19-15(18)14(16)10-11-2-4-12(5-3-11)13-6-8-17-9-7-13/h2-10,20H,11-14,24H2,1H3;2-6,14,17H,7-10,16H2,1H3/t20-;14-/m00/s1. The number of esters is 2. The molecule has 0 saturated heterocycles. The van der Waals surface area contributed by atoms with Crippen LogP contribution < -0.4 is 16.8 Å². The van der Waals surface area contributed by atoms with Gasteiger partial charge in [-0.25, -0.2) is 4.39 Å². The lowest BCUT2D eigenvalue weighted by atomic mass is 9.96. The van der Waals surface area contributed by atoms with Crippen molar-refractivity contribution in [3.63, 3.8) is 0 Å². The number of amides is 1. The number of benzene rings is 3. The predicted molar refractivity (Wildman–Crippen MR) is 181 cm³/mol. The van der Waals surface area contributed by atoms with Gasteiger partial charge in [-0.15, -0.1) is 0 Å². The van der Waals surface area contributed by atoms with Crippen molar-refractivity contribution in [1.29, 1.82) is 0 Å². The molecule has 10 heteroatoms. The molecule has 5 N–H and O–H groups in total. The molecule has 47 heavy (non-hydrogen) atoms. The first kappa shape index (κ1) is 35.2. The van der Waals surface area contributed by atoms with Crippen LogP contribution in [0.4, 0.5) is 4.39 Å². The minimum absolute atomic E-state index is 0.0950. The third kappa shape index (κ3) is 10.2. The average molecular weight is 643 g/mol. The van der Waals surface area contributed by atoms with E-state index < -0.39 is 18.1 Å². The van der Waals surface area contributed by atoms with Crippen molar-refractivity contribution in [2.75, 3.05) is 40.4 Å². The highest BCUT2D eigenvalue weighted by atomic mass is 19.1. The van der Waals surface area contributed by atoms with Crippen LogP contribution in [0, 0.1) is 5.82 Å². The van der Waals surface area contributed by atoms with E-state index in [4.69, 9.17) is 11.5 Å². The van der Waals surface area contributed by atoms with Crippen molar-refractivity contribution >= 4 is 29.0 Å². The first-order valence-corrected chi connectivity index (χ1v) is 15.7. The first-order valence-electron chi connectivity index (χ1n) is 15.7. The Morgan fingerprint density at radius 1 is 0.766 bits per heavy atom. The Bertz CT molecular complexity index is 1570. The fourth-order valence-electron chi connectivity index (χ4n) is 5.46. The third-order valence-corrected chi connectivity index (χ3v) is 8.22. The quantitative estimate of drug-likeness (QED) is 0.299. The van der Waals surface area contributed by atoms with Gasteiger partial charge in [-0.3, -0.25) is 14.4 Å². The number of ether oxygens (including phenoxy) is 2. The molecule has 0 spiro atoms. The van der Waals surface area contributed by atoms with Gasteiger partial charge in [-0.2, -0.15) is 0 Å². The van der Waals surface area contributed by atoms with E-state index >= 15 is 0 Å². The average Bonchev–Trinajstić information content (AvgIpc) is 3.12. The van der Waals surface area contributed by atoms with Crippen LogP contribution in [-0.2, 0) is 31.9 Å². The molecule has 2 aliphatic rings. The number of rotatable bonds is 9. The molecule has 0 aliphatic carbocycles. The van der Waals surface area contributed by atoms with Crippen molar-refractivity contribution in [1.82, 2.24) is 10.2 Å². The Labute approximate surface area is 275 Å². The van der Waals surface area contributed by atoms with Crippen LogP contribution >= 0.6 is 0 Å². The van der Waals surface area contributed by atoms with Gasteiger partial charge in [0.05, 0.1) is 14.2 Å². The summed E-state index contributed by atoms with van der Waals surface area (Å²) in [4.78, 5) is 37.0. The van der Waals surface area contributed by atoms with Crippen LogP contribution in [0.15, 0.2) is 84.9 Å². The Morgan fingerprint density at radius 3 is 1.70 bits per heavy atom. The van der Waals surface area contributed by atoms with Gasteiger partial charge in [0, 0.05) is 25.2 Å². The van der Waals surface area contributed by atoms with Crippen LogP contribution in [0.25, 0.3) is 11.1 Å². The van der Waals surface area contributed by atoms with E-state index in [1.807, 2.05) is 42.5 Å². The molecular formula is C37H43FN4O5. The molecule has 3 aromatic rings. The van der Waals surface area contributed by atoms with Gasteiger partial charge in [0.1, 0.15) is 17.9 Å². The summed E-state index contributed by atoms with van der Waals surface area (Å²) in [6, 6.07) is 20.5. The summed E-state index contributed by atoms with van der Waals surface area (Å²) in [5.41, 5.74) is 18.9. The van der Waals surface area contributed by atoms with E-state index in [-0.39, 0.29) is 17.7 Å². The lowest BCUT2D eigenvalue weighted by Gasteiger charge is -2.27. The second kappa shape index (κ2) is 17.3. The number of nitrogens with two attached hydrogens (primary N) is 2. The Balaban J connectivity index is 0.000000229. The van der Waals surface area contributed by atoms with Crippen molar-refractivity contribution < 1.29 is 28.2 Å². The van der Waals surface area contributed by atoms with Gasteiger partial charge < -0.3 is 31.2 Å². The Kier molecular flexibility index (Phi) is 13.0. The van der Waals surface area contributed by atoms with Crippen molar-refractivity contribution in [3.05, 3.63) is 119 Å². The largest absolute Gasteiger partial charge is 0.468 e. The van der Waals surface area contributed by atoms with Gasteiger partial charge in [0.2, 0.25) is 0 Å². The van der Waals surface area contributed by atoms with Gasteiger partial charge in [-0.05, 0) is 89.9 Å². The zero-order valence-electron chi connectivity index (χ0n) is 26.9. The first-order chi connectivity index (χ1) is 22.7. The summed E-state index contributed by atoms with van der Waals surface area (Å²) in [6.07, 6.45) is 6.99. The second-order valence-corrected chi connectivity index (χ2v) is 11.5. The molecule has 0 aromatic heterocycles. The summed E-state index contributed by atoms with van der Waals surface area (Å²) in [6.45, 7) is 3.09. The third-order valence-electron chi connectivity index (χ3n) is 8.22. The maximum absolute atomic E-state index is 13.0. The van der Waals surface area contributed by atoms with Crippen LogP contribution in [0.1, 0.15) is 45.5 Å². The Hall–Kier alpha value is -4.64. The van der Waals surface area contributed by atoms with E-state index in [0.717, 1.165) is 42.6 Å². The SMILES string of the molecule is COC(=O)[C@@H](N)Cc1ccc(C2=CCN(C(=O)c3ccc(F)cc3)CC2)cc1.COC(=O)[C@@H](N)Cc1ccc(C2=CCNCC2)cc1. The number of methoxy groups -OCH3 is 2. The zero-order valence-corrected chi connectivity index (χ0v) is 26.9. The molecule has 9 nitrogen and oxygen atoms in total. The van der Waals surface area contributed by atoms with E-state index in [9.17, 15) is 18.8 Å². The lowest BCUT2D eigenvalue weighted by Crippen LogP contribution is -2.34. The fourth-order valence-corrected chi connectivity index (χ4v) is 5.46. The van der Waals surface area contributed by atoms with Crippen LogP contribution in [0.2, 0.25) is 0 Å². The van der Waals surface area contributed by atoms with E-state index in [2.05, 4.69) is 33.0 Å². The zero-order chi connectivity index (χ0) is 33.8. The smallest absolute Gasteiger partial charge is 0.322 e. The summed E-state index contributed by atoms with van der Waals surface area (Å²) in [5.74, 6) is -1.24. The van der Waals surface area contributed by atoms with Gasteiger partial charge in [-0.1, -0.05) is 60.7 Å². The molecule has 3 aromatic carbocycles. The minimum Gasteiger partial charge on any atom is -0.468 e. The van der Waals surface area contributed by atoms with Crippen molar-refractivity contribution in [2.45, 2.75) is 37.8 Å². The Morgan fingerprint density at radius 2 is 1.28 bits per heavy atom.